The van der Waals surface area contributed by atoms with Crippen LogP contribution >= 0.6 is 0 Å². The second-order valence-corrected chi connectivity index (χ2v) is 6.31. The van der Waals surface area contributed by atoms with Crippen molar-refractivity contribution in [1.29, 1.82) is 0 Å². The van der Waals surface area contributed by atoms with Crippen LogP contribution in [0, 0.1) is 5.41 Å². The largest absolute Gasteiger partial charge is 0.381 e. The molecule has 2 fully saturated rings. The van der Waals surface area contributed by atoms with Crippen molar-refractivity contribution < 1.29 is 4.74 Å². The van der Waals surface area contributed by atoms with Crippen molar-refractivity contribution in [2.45, 2.75) is 25.3 Å². The molecular weight excluding hydrogens is 226 g/mol. The average Bonchev–Trinajstić information content (AvgIpc) is 2.90. The lowest BCUT2D eigenvalue weighted by Gasteiger charge is -2.34. The summed E-state index contributed by atoms with van der Waals surface area (Å²) < 4.78 is 5.63. The maximum absolute atomic E-state index is 5.63. The van der Waals surface area contributed by atoms with Gasteiger partial charge in [-0.1, -0.05) is 0 Å². The van der Waals surface area contributed by atoms with E-state index in [1.54, 1.807) is 0 Å². The highest BCUT2D eigenvalue weighted by molar-refractivity contribution is 4.89. The molecule has 2 heterocycles. The van der Waals surface area contributed by atoms with E-state index in [9.17, 15) is 0 Å². The first-order valence-electron chi connectivity index (χ1n) is 7.26. The van der Waals surface area contributed by atoms with Crippen LogP contribution in [0.25, 0.3) is 0 Å². The second-order valence-electron chi connectivity index (χ2n) is 6.31. The minimum atomic E-state index is 0.334. The number of ether oxygens (including phenoxy) is 1. The van der Waals surface area contributed by atoms with Crippen molar-refractivity contribution in [2.75, 3.05) is 60.5 Å². The van der Waals surface area contributed by atoms with Crippen LogP contribution < -0.4 is 5.32 Å². The van der Waals surface area contributed by atoms with Crippen molar-refractivity contribution in [3.8, 4) is 0 Å². The van der Waals surface area contributed by atoms with E-state index < -0.39 is 0 Å². The number of rotatable bonds is 6. The van der Waals surface area contributed by atoms with Gasteiger partial charge in [-0.25, -0.2) is 0 Å². The Labute approximate surface area is 112 Å². The highest BCUT2D eigenvalue weighted by atomic mass is 16.5. The lowest BCUT2D eigenvalue weighted by Crippen LogP contribution is -2.46. The highest BCUT2D eigenvalue weighted by Crippen LogP contribution is 2.29. The Kier molecular flexibility index (Phi) is 5.01. The Morgan fingerprint density at radius 2 is 2.33 bits per heavy atom. The topological polar surface area (TPSA) is 27.7 Å². The number of likely N-dealkylation sites (tertiary alicyclic amines) is 1. The van der Waals surface area contributed by atoms with Gasteiger partial charge in [0.15, 0.2) is 0 Å². The van der Waals surface area contributed by atoms with Gasteiger partial charge in [0.1, 0.15) is 0 Å². The maximum atomic E-state index is 5.63. The Balaban J connectivity index is 1.83. The standard InChI is InChI=1S/C14H29N3O/c1-15-10-14(6-8-18-12-14)11-16(2)9-13-5-4-7-17(13)3/h13,15H,4-12H2,1-3H3. The quantitative estimate of drug-likeness (QED) is 0.754. The summed E-state index contributed by atoms with van der Waals surface area (Å²) >= 11 is 0. The van der Waals surface area contributed by atoms with Gasteiger partial charge in [-0.3, -0.25) is 0 Å². The lowest BCUT2D eigenvalue weighted by atomic mass is 9.86. The van der Waals surface area contributed by atoms with E-state index in [-0.39, 0.29) is 0 Å². The third-order valence-corrected chi connectivity index (χ3v) is 4.54. The molecule has 4 nitrogen and oxygen atoms in total. The molecule has 0 radical (unpaired) electrons. The second kappa shape index (κ2) is 6.33. The summed E-state index contributed by atoms with van der Waals surface area (Å²) in [5, 5.41) is 3.34. The number of likely N-dealkylation sites (N-methyl/N-ethyl adjacent to an activating group) is 2. The van der Waals surface area contributed by atoms with Crippen molar-refractivity contribution in [2.24, 2.45) is 5.41 Å². The van der Waals surface area contributed by atoms with Crippen molar-refractivity contribution in [3.63, 3.8) is 0 Å². The molecule has 0 aromatic carbocycles. The summed E-state index contributed by atoms with van der Waals surface area (Å²) in [4.78, 5) is 5.02. The highest BCUT2D eigenvalue weighted by Gasteiger charge is 2.36. The molecular formula is C14H29N3O. The van der Waals surface area contributed by atoms with Crippen LogP contribution in [-0.4, -0.2) is 76.4 Å². The van der Waals surface area contributed by atoms with E-state index in [0.717, 1.165) is 32.3 Å². The first-order chi connectivity index (χ1) is 8.65. The third kappa shape index (κ3) is 3.44. The molecule has 0 aliphatic carbocycles. The van der Waals surface area contributed by atoms with E-state index in [4.69, 9.17) is 4.74 Å². The molecule has 2 aliphatic heterocycles. The average molecular weight is 255 g/mol. The fraction of sp³-hybridized carbons (Fsp3) is 1.00. The Morgan fingerprint density at radius 1 is 1.50 bits per heavy atom. The monoisotopic (exact) mass is 255 g/mol. The van der Waals surface area contributed by atoms with E-state index in [2.05, 4.69) is 29.2 Å². The zero-order chi connectivity index (χ0) is 13.0. The zero-order valence-corrected chi connectivity index (χ0v) is 12.2. The molecule has 2 rings (SSSR count). The van der Waals surface area contributed by atoms with Crippen LogP contribution in [0.3, 0.4) is 0 Å². The van der Waals surface area contributed by atoms with Gasteiger partial charge in [0, 0.05) is 37.7 Å². The Hall–Kier alpha value is -0.160. The first-order valence-corrected chi connectivity index (χ1v) is 7.26. The van der Waals surface area contributed by atoms with Crippen molar-refractivity contribution in [1.82, 2.24) is 15.1 Å². The molecule has 106 valence electrons. The number of hydrogen-bond donors (Lipinski definition) is 1. The Morgan fingerprint density at radius 3 is 2.89 bits per heavy atom. The van der Waals surface area contributed by atoms with Gasteiger partial charge in [0.2, 0.25) is 0 Å². The summed E-state index contributed by atoms with van der Waals surface area (Å²) in [6, 6.07) is 0.754. The molecule has 0 bridgehead atoms. The van der Waals surface area contributed by atoms with E-state index in [0.29, 0.717) is 5.41 Å². The van der Waals surface area contributed by atoms with Crippen LogP contribution in [0.4, 0.5) is 0 Å². The molecule has 2 unspecified atom stereocenters. The maximum Gasteiger partial charge on any atom is 0.0547 e. The van der Waals surface area contributed by atoms with Gasteiger partial charge < -0.3 is 19.9 Å². The fourth-order valence-corrected chi connectivity index (χ4v) is 3.55. The molecule has 2 aliphatic rings. The summed E-state index contributed by atoms with van der Waals surface area (Å²) in [7, 11) is 6.57. The predicted octanol–water partition coefficient (Wildman–Crippen LogP) is 0.639. The SMILES string of the molecule is CNCC1(CN(C)CC2CCCN2C)CCOC1. The fourth-order valence-electron chi connectivity index (χ4n) is 3.55. The van der Waals surface area contributed by atoms with Crippen LogP contribution in [-0.2, 0) is 4.74 Å². The molecule has 0 aromatic rings. The summed E-state index contributed by atoms with van der Waals surface area (Å²) in [6.45, 7) is 6.53. The van der Waals surface area contributed by atoms with Gasteiger partial charge in [-0.15, -0.1) is 0 Å². The van der Waals surface area contributed by atoms with Crippen LogP contribution in [0.5, 0.6) is 0 Å². The van der Waals surface area contributed by atoms with Crippen molar-refractivity contribution in [3.05, 3.63) is 0 Å². The van der Waals surface area contributed by atoms with E-state index in [1.807, 2.05) is 7.05 Å². The van der Waals surface area contributed by atoms with Gasteiger partial charge >= 0.3 is 0 Å². The molecule has 0 aromatic heterocycles. The first kappa shape index (κ1) is 14.3. The molecule has 0 saturated carbocycles. The smallest absolute Gasteiger partial charge is 0.0547 e. The van der Waals surface area contributed by atoms with E-state index >= 15 is 0 Å². The van der Waals surface area contributed by atoms with Gasteiger partial charge in [-0.05, 0) is 47.0 Å². The normalized spacial score (nSPS) is 33.7. The molecule has 18 heavy (non-hydrogen) atoms. The molecule has 1 N–H and O–H groups in total. The summed E-state index contributed by atoms with van der Waals surface area (Å²) in [5.74, 6) is 0. The number of nitrogens with one attached hydrogen (secondary N) is 1. The number of hydrogen-bond acceptors (Lipinski definition) is 4. The lowest BCUT2D eigenvalue weighted by molar-refractivity contribution is 0.109. The molecule has 2 atom stereocenters. The van der Waals surface area contributed by atoms with Crippen LogP contribution in [0.2, 0.25) is 0 Å². The van der Waals surface area contributed by atoms with Gasteiger partial charge in [0.25, 0.3) is 0 Å². The number of nitrogens with zero attached hydrogens (tertiary/aromatic N) is 2. The molecule has 2 saturated heterocycles. The minimum absolute atomic E-state index is 0.334. The van der Waals surface area contributed by atoms with Gasteiger partial charge in [-0.2, -0.15) is 0 Å². The van der Waals surface area contributed by atoms with Crippen LogP contribution in [0.1, 0.15) is 19.3 Å². The molecule has 0 spiro atoms. The molecule has 4 heteroatoms. The van der Waals surface area contributed by atoms with Crippen LogP contribution in [0.15, 0.2) is 0 Å². The zero-order valence-electron chi connectivity index (χ0n) is 12.2. The summed E-state index contributed by atoms with van der Waals surface area (Å²) in [6.07, 6.45) is 3.91. The third-order valence-electron chi connectivity index (χ3n) is 4.54. The van der Waals surface area contributed by atoms with E-state index in [1.165, 1.54) is 32.4 Å². The summed E-state index contributed by atoms with van der Waals surface area (Å²) in [5.41, 5.74) is 0.334. The van der Waals surface area contributed by atoms with Crippen molar-refractivity contribution >= 4 is 0 Å². The molecule has 0 amide bonds. The Bertz CT molecular complexity index is 253. The van der Waals surface area contributed by atoms with Gasteiger partial charge in [0.05, 0.1) is 6.61 Å². The minimum Gasteiger partial charge on any atom is -0.381 e. The predicted molar refractivity (Wildman–Crippen MR) is 74.9 cm³/mol.